The summed E-state index contributed by atoms with van der Waals surface area (Å²) in [4.78, 5) is 4.91. The highest BCUT2D eigenvalue weighted by Crippen LogP contribution is 2.20. The summed E-state index contributed by atoms with van der Waals surface area (Å²) in [7, 11) is 0. The number of nitrogens with two attached hydrogens (primary N) is 2. The molecule has 1 heterocycles. The molecule has 5 heteroatoms. The van der Waals surface area contributed by atoms with E-state index in [9.17, 15) is 4.39 Å². The van der Waals surface area contributed by atoms with Crippen LogP contribution in [0.4, 0.5) is 10.2 Å². The van der Waals surface area contributed by atoms with Crippen LogP contribution in [0.2, 0.25) is 0 Å². The lowest BCUT2D eigenvalue weighted by atomic mass is 10.1. The van der Waals surface area contributed by atoms with Gasteiger partial charge in [-0.3, -0.25) is 0 Å². The monoisotopic (exact) mass is 277 g/mol. The molecule has 0 aliphatic heterocycles. The number of thioether (sulfide) groups is 1. The second kappa shape index (κ2) is 6.54. The quantitative estimate of drug-likeness (QED) is 0.824. The number of aromatic nitrogens is 1. The molecule has 1 unspecified atom stereocenters. The van der Waals surface area contributed by atoms with Crippen LogP contribution in [-0.2, 0) is 6.42 Å². The fourth-order valence-corrected chi connectivity index (χ4v) is 2.62. The molecular weight excluding hydrogens is 261 g/mol. The Morgan fingerprint density at radius 2 is 2.11 bits per heavy atom. The Balaban J connectivity index is 1.88. The molecule has 2 aromatic rings. The number of rotatable bonds is 5. The van der Waals surface area contributed by atoms with Crippen molar-refractivity contribution in [3.05, 3.63) is 54.0 Å². The van der Waals surface area contributed by atoms with Crippen molar-refractivity contribution in [1.29, 1.82) is 0 Å². The van der Waals surface area contributed by atoms with Gasteiger partial charge in [-0.15, -0.1) is 11.8 Å². The molecule has 0 saturated carbocycles. The predicted octanol–water partition coefficient (Wildman–Crippen LogP) is 2.47. The van der Waals surface area contributed by atoms with Crippen LogP contribution in [-0.4, -0.2) is 16.8 Å². The third-order valence-corrected chi connectivity index (χ3v) is 3.85. The molecule has 2 rings (SSSR count). The van der Waals surface area contributed by atoms with Gasteiger partial charge in [0.1, 0.15) is 11.6 Å². The minimum atomic E-state index is -0.227. The van der Waals surface area contributed by atoms with Crippen molar-refractivity contribution in [2.75, 3.05) is 11.5 Å². The maximum Gasteiger partial charge on any atom is 0.126 e. The Kier molecular flexibility index (Phi) is 4.76. The van der Waals surface area contributed by atoms with Crippen LogP contribution >= 0.6 is 11.8 Å². The van der Waals surface area contributed by atoms with Crippen molar-refractivity contribution in [2.45, 2.75) is 17.4 Å². The highest BCUT2D eigenvalue weighted by molar-refractivity contribution is 7.99. The molecule has 4 N–H and O–H groups in total. The molecule has 0 aliphatic carbocycles. The van der Waals surface area contributed by atoms with Crippen molar-refractivity contribution >= 4 is 17.6 Å². The first-order valence-corrected chi connectivity index (χ1v) is 6.97. The van der Waals surface area contributed by atoms with Crippen molar-refractivity contribution in [2.24, 2.45) is 5.73 Å². The number of nitrogen functional groups attached to an aromatic ring is 1. The van der Waals surface area contributed by atoms with Gasteiger partial charge in [0.05, 0.1) is 0 Å². The van der Waals surface area contributed by atoms with Gasteiger partial charge in [0, 0.05) is 22.9 Å². The summed E-state index contributed by atoms with van der Waals surface area (Å²) >= 11 is 1.54. The molecular formula is C14H16FN3S. The minimum Gasteiger partial charge on any atom is -0.383 e. The average molecular weight is 277 g/mol. The summed E-state index contributed by atoms with van der Waals surface area (Å²) in [6, 6.07) is 10.2. The molecule has 1 atom stereocenters. The molecule has 0 saturated heterocycles. The van der Waals surface area contributed by atoms with Gasteiger partial charge < -0.3 is 11.5 Å². The molecule has 0 amide bonds. The zero-order chi connectivity index (χ0) is 13.7. The van der Waals surface area contributed by atoms with Crippen LogP contribution in [0.15, 0.2) is 47.5 Å². The smallest absolute Gasteiger partial charge is 0.126 e. The lowest BCUT2D eigenvalue weighted by Crippen LogP contribution is -2.26. The van der Waals surface area contributed by atoms with E-state index in [0.29, 0.717) is 18.0 Å². The standard InChI is InChI=1S/C14H16FN3S/c15-11-4-1-5-13(8-11)19-9-12(16)7-10-3-2-6-18-14(10)17/h1-6,8,12H,7,9,16H2,(H2,17,18). The first-order valence-electron chi connectivity index (χ1n) is 5.98. The minimum absolute atomic E-state index is 0.0419. The fourth-order valence-electron chi connectivity index (χ4n) is 1.72. The molecule has 0 radical (unpaired) electrons. The molecule has 0 aliphatic rings. The molecule has 3 nitrogen and oxygen atoms in total. The number of anilines is 1. The summed E-state index contributed by atoms with van der Waals surface area (Å²) < 4.78 is 13.0. The van der Waals surface area contributed by atoms with Crippen molar-refractivity contribution in [1.82, 2.24) is 4.98 Å². The third-order valence-electron chi connectivity index (χ3n) is 2.67. The lowest BCUT2D eigenvalue weighted by Gasteiger charge is -2.12. The molecule has 0 bridgehead atoms. The molecule has 19 heavy (non-hydrogen) atoms. The van der Waals surface area contributed by atoms with Gasteiger partial charge >= 0.3 is 0 Å². The van der Waals surface area contributed by atoms with E-state index in [1.165, 1.54) is 12.1 Å². The van der Waals surface area contributed by atoms with E-state index in [2.05, 4.69) is 4.98 Å². The second-order valence-corrected chi connectivity index (χ2v) is 5.37. The van der Waals surface area contributed by atoms with Gasteiger partial charge in [-0.25, -0.2) is 9.37 Å². The van der Waals surface area contributed by atoms with Crippen LogP contribution < -0.4 is 11.5 Å². The van der Waals surface area contributed by atoms with Crippen LogP contribution in [0.1, 0.15) is 5.56 Å². The summed E-state index contributed by atoms with van der Waals surface area (Å²) in [6.45, 7) is 0. The topological polar surface area (TPSA) is 64.9 Å². The van der Waals surface area contributed by atoms with E-state index in [1.54, 1.807) is 24.0 Å². The Labute approximate surface area is 116 Å². The molecule has 0 spiro atoms. The summed E-state index contributed by atoms with van der Waals surface area (Å²) in [6.07, 6.45) is 2.33. The van der Waals surface area contributed by atoms with Gasteiger partial charge in [-0.1, -0.05) is 12.1 Å². The van der Waals surface area contributed by atoms with Crippen molar-refractivity contribution < 1.29 is 4.39 Å². The number of halogens is 1. The molecule has 100 valence electrons. The number of nitrogens with zero attached hydrogens (tertiary/aromatic N) is 1. The number of benzene rings is 1. The first kappa shape index (κ1) is 13.8. The Hall–Kier alpha value is -1.59. The van der Waals surface area contributed by atoms with Crippen LogP contribution in [0.5, 0.6) is 0 Å². The Morgan fingerprint density at radius 3 is 2.84 bits per heavy atom. The summed E-state index contributed by atoms with van der Waals surface area (Å²) in [5.41, 5.74) is 12.8. The summed E-state index contributed by atoms with van der Waals surface area (Å²) in [5, 5.41) is 0. The SMILES string of the molecule is Nc1ncccc1CC(N)CSc1cccc(F)c1. The van der Waals surface area contributed by atoms with E-state index in [1.807, 2.05) is 18.2 Å². The van der Waals surface area contributed by atoms with Gasteiger partial charge in [-0.05, 0) is 36.2 Å². The third kappa shape index (κ3) is 4.22. The van der Waals surface area contributed by atoms with E-state index in [-0.39, 0.29) is 11.9 Å². The van der Waals surface area contributed by atoms with Gasteiger partial charge in [0.15, 0.2) is 0 Å². The predicted molar refractivity (Wildman–Crippen MR) is 77.5 cm³/mol. The maximum atomic E-state index is 13.0. The van der Waals surface area contributed by atoms with Crippen LogP contribution in [0.25, 0.3) is 0 Å². The van der Waals surface area contributed by atoms with Gasteiger partial charge in [0.25, 0.3) is 0 Å². The fraction of sp³-hybridized carbons (Fsp3) is 0.214. The van der Waals surface area contributed by atoms with E-state index in [4.69, 9.17) is 11.5 Å². The van der Waals surface area contributed by atoms with Gasteiger partial charge in [-0.2, -0.15) is 0 Å². The number of hydrogen-bond donors (Lipinski definition) is 2. The van der Waals surface area contributed by atoms with Crippen molar-refractivity contribution in [3.63, 3.8) is 0 Å². The zero-order valence-electron chi connectivity index (χ0n) is 10.4. The first-order chi connectivity index (χ1) is 9.15. The number of pyridine rings is 1. The Bertz CT molecular complexity index is 548. The highest BCUT2D eigenvalue weighted by atomic mass is 32.2. The highest BCUT2D eigenvalue weighted by Gasteiger charge is 2.08. The van der Waals surface area contributed by atoms with Crippen molar-refractivity contribution in [3.8, 4) is 0 Å². The largest absolute Gasteiger partial charge is 0.383 e. The average Bonchev–Trinajstić information content (AvgIpc) is 2.39. The molecule has 0 fully saturated rings. The lowest BCUT2D eigenvalue weighted by molar-refractivity contribution is 0.624. The van der Waals surface area contributed by atoms with E-state index < -0.39 is 0 Å². The van der Waals surface area contributed by atoms with E-state index >= 15 is 0 Å². The Morgan fingerprint density at radius 1 is 1.26 bits per heavy atom. The van der Waals surface area contributed by atoms with Crippen LogP contribution in [0, 0.1) is 5.82 Å². The zero-order valence-corrected chi connectivity index (χ0v) is 11.2. The van der Waals surface area contributed by atoms with Crippen LogP contribution in [0.3, 0.4) is 0 Å². The molecule has 1 aromatic heterocycles. The summed E-state index contributed by atoms with van der Waals surface area (Å²) in [5.74, 6) is 1.00. The number of hydrogen-bond acceptors (Lipinski definition) is 4. The van der Waals surface area contributed by atoms with Gasteiger partial charge in [0.2, 0.25) is 0 Å². The van der Waals surface area contributed by atoms with E-state index in [0.717, 1.165) is 10.5 Å². The maximum absolute atomic E-state index is 13.0. The second-order valence-electron chi connectivity index (χ2n) is 4.28. The normalized spacial score (nSPS) is 12.3. The molecule has 1 aromatic carbocycles.